The Labute approximate surface area is 220 Å². The van der Waals surface area contributed by atoms with Gasteiger partial charge in [0.15, 0.2) is 11.6 Å². The molecule has 3 aromatic rings. The SMILES string of the molecule is C[C@@H](CNc1nccc(-n2cc(C(C)(C)C)nc2-c2cnc(N)c(OC(F)F)c2)n1)NC(=O)OC(C)(C)C. The lowest BCUT2D eigenvalue weighted by Crippen LogP contribution is -2.41. The van der Waals surface area contributed by atoms with E-state index in [-0.39, 0.29) is 23.0 Å². The second-order valence-electron chi connectivity index (χ2n) is 10.7. The van der Waals surface area contributed by atoms with Crippen molar-refractivity contribution in [3.05, 3.63) is 36.4 Å². The van der Waals surface area contributed by atoms with E-state index < -0.39 is 18.3 Å². The molecule has 3 heterocycles. The molecular weight excluding hydrogens is 498 g/mol. The van der Waals surface area contributed by atoms with Crippen LogP contribution < -0.4 is 21.1 Å². The predicted molar refractivity (Wildman–Crippen MR) is 139 cm³/mol. The third-order valence-electron chi connectivity index (χ3n) is 5.05. The smallest absolute Gasteiger partial charge is 0.407 e. The van der Waals surface area contributed by atoms with Gasteiger partial charge in [-0.1, -0.05) is 20.8 Å². The third kappa shape index (κ3) is 7.73. The van der Waals surface area contributed by atoms with Gasteiger partial charge < -0.3 is 25.8 Å². The number of imidazole rings is 1. The van der Waals surface area contributed by atoms with E-state index in [1.165, 1.54) is 12.3 Å². The van der Waals surface area contributed by atoms with E-state index in [0.717, 1.165) is 5.69 Å². The predicted octanol–water partition coefficient (Wildman–Crippen LogP) is 4.53. The average Bonchev–Trinajstić information content (AvgIpc) is 3.24. The van der Waals surface area contributed by atoms with E-state index in [2.05, 4.69) is 30.3 Å². The van der Waals surface area contributed by atoms with Gasteiger partial charge in [0.05, 0.1) is 5.69 Å². The number of aromatic nitrogens is 5. The van der Waals surface area contributed by atoms with Gasteiger partial charge in [-0.15, -0.1) is 0 Å². The molecule has 0 bridgehead atoms. The minimum absolute atomic E-state index is 0.161. The normalized spacial score (nSPS) is 12.8. The minimum Gasteiger partial charge on any atom is -0.444 e. The molecule has 4 N–H and O–H groups in total. The topological polar surface area (TPSA) is 142 Å². The lowest BCUT2D eigenvalue weighted by molar-refractivity contribution is -0.0494. The zero-order chi connectivity index (χ0) is 28.3. The first-order valence-corrected chi connectivity index (χ1v) is 12.0. The van der Waals surface area contributed by atoms with Crippen molar-refractivity contribution in [1.29, 1.82) is 0 Å². The van der Waals surface area contributed by atoms with E-state index in [1.807, 2.05) is 33.9 Å². The number of pyridine rings is 1. The summed E-state index contributed by atoms with van der Waals surface area (Å²) in [5, 5.41) is 5.85. The fraction of sp³-hybridized carbons (Fsp3) is 0.480. The second-order valence-corrected chi connectivity index (χ2v) is 10.7. The molecule has 0 radical (unpaired) electrons. The molecule has 0 aliphatic heterocycles. The van der Waals surface area contributed by atoms with Crippen LogP contribution in [-0.2, 0) is 10.2 Å². The van der Waals surface area contributed by atoms with Crippen molar-refractivity contribution >= 4 is 17.9 Å². The molecule has 0 aliphatic carbocycles. The highest BCUT2D eigenvalue weighted by atomic mass is 19.3. The summed E-state index contributed by atoms with van der Waals surface area (Å²) in [5.74, 6) is 0.786. The standard InChI is InChI=1S/C25H34F2N8O3/c1-14(32-23(36)38-25(5,6)7)11-31-22-29-9-8-18(34-22)35-13-17(24(2,3)4)33-20(35)15-10-16(37-21(26)27)19(28)30-12-15/h8-10,12-14,21H,11H2,1-7H3,(H2,28,30)(H,32,36)(H,29,31,34)/t14-/m0/s1. The first-order valence-electron chi connectivity index (χ1n) is 12.0. The van der Waals surface area contributed by atoms with Crippen molar-refractivity contribution in [3.63, 3.8) is 0 Å². The van der Waals surface area contributed by atoms with Gasteiger partial charge in [-0.3, -0.25) is 4.57 Å². The van der Waals surface area contributed by atoms with Crippen LogP contribution in [0.1, 0.15) is 54.2 Å². The fourth-order valence-corrected chi connectivity index (χ4v) is 3.26. The number of halogens is 2. The summed E-state index contributed by atoms with van der Waals surface area (Å²) in [7, 11) is 0. The highest BCUT2D eigenvalue weighted by Gasteiger charge is 2.23. The lowest BCUT2D eigenvalue weighted by atomic mass is 9.93. The molecule has 11 nitrogen and oxygen atoms in total. The van der Waals surface area contributed by atoms with Crippen molar-refractivity contribution in [2.45, 2.75) is 72.1 Å². The average molecular weight is 533 g/mol. The van der Waals surface area contributed by atoms with Crippen molar-refractivity contribution in [1.82, 2.24) is 29.8 Å². The lowest BCUT2D eigenvalue weighted by Gasteiger charge is -2.22. The zero-order valence-corrected chi connectivity index (χ0v) is 22.5. The number of anilines is 2. The highest BCUT2D eigenvalue weighted by Crippen LogP contribution is 2.32. The highest BCUT2D eigenvalue weighted by molar-refractivity contribution is 5.68. The summed E-state index contributed by atoms with van der Waals surface area (Å²) >= 11 is 0. The molecule has 0 saturated carbocycles. The largest absolute Gasteiger partial charge is 0.444 e. The van der Waals surface area contributed by atoms with Crippen LogP contribution in [0, 0.1) is 0 Å². The molecule has 1 atom stereocenters. The fourth-order valence-electron chi connectivity index (χ4n) is 3.26. The number of amides is 1. The Kier molecular flexibility index (Phi) is 8.38. The molecule has 3 rings (SSSR count). The van der Waals surface area contributed by atoms with E-state index in [4.69, 9.17) is 15.5 Å². The van der Waals surface area contributed by atoms with Crippen LogP contribution in [0.15, 0.2) is 30.7 Å². The Balaban J connectivity index is 1.89. The molecule has 3 aromatic heterocycles. The monoisotopic (exact) mass is 532 g/mol. The Hall–Kier alpha value is -4.03. The number of carbonyl (C=O) groups is 1. The molecule has 1 amide bonds. The Morgan fingerprint density at radius 3 is 2.50 bits per heavy atom. The summed E-state index contributed by atoms with van der Waals surface area (Å²) in [6.45, 7) is 10.5. The maximum absolute atomic E-state index is 12.9. The third-order valence-corrected chi connectivity index (χ3v) is 5.05. The van der Waals surface area contributed by atoms with Gasteiger partial charge in [-0.05, 0) is 39.8 Å². The van der Waals surface area contributed by atoms with Gasteiger partial charge in [-0.2, -0.15) is 13.8 Å². The van der Waals surface area contributed by atoms with Gasteiger partial charge in [0.2, 0.25) is 5.95 Å². The second kappa shape index (κ2) is 11.2. The number of hydrogen-bond donors (Lipinski definition) is 3. The van der Waals surface area contributed by atoms with E-state index in [1.54, 1.807) is 37.6 Å². The number of nitrogen functional groups attached to an aromatic ring is 1. The molecule has 0 aliphatic rings. The van der Waals surface area contributed by atoms with Crippen molar-refractivity contribution < 1.29 is 23.0 Å². The number of hydrogen-bond acceptors (Lipinski definition) is 9. The number of alkyl carbamates (subject to hydrolysis) is 1. The van der Waals surface area contributed by atoms with Crippen molar-refractivity contribution in [2.75, 3.05) is 17.6 Å². The first kappa shape index (κ1) is 28.5. The number of nitrogens with zero attached hydrogens (tertiary/aromatic N) is 5. The molecule has 0 unspecified atom stereocenters. The number of ether oxygens (including phenoxy) is 2. The number of alkyl halides is 2. The summed E-state index contributed by atoms with van der Waals surface area (Å²) < 4.78 is 37.3. The van der Waals surface area contributed by atoms with Gasteiger partial charge >= 0.3 is 12.7 Å². The molecular formula is C25H34F2N8O3. The van der Waals surface area contributed by atoms with Crippen LogP contribution in [0.4, 0.5) is 25.3 Å². The molecule has 0 spiro atoms. The van der Waals surface area contributed by atoms with Crippen LogP contribution in [0.5, 0.6) is 5.75 Å². The Bertz CT molecular complexity index is 1270. The molecule has 0 saturated heterocycles. The van der Waals surface area contributed by atoms with Gasteiger partial charge in [0, 0.05) is 42.2 Å². The number of carbonyl (C=O) groups excluding carboxylic acids is 1. The van der Waals surface area contributed by atoms with Crippen molar-refractivity contribution in [3.8, 4) is 23.0 Å². The molecule has 206 valence electrons. The summed E-state index contributed by atoms with van der Waals surface area (Å²) in [6.07, 6.45) is 4.30. The van der Waals surface area contributed by atoms with Crippen molar-refractivity contribution in [2.24, 2.45) is 0 Å². The van der Waals surface area contributed by atoms with Crippen LogP contribution in [0.2, 0.25) is 0 Å². The zero-order valence-electron chi connectivity index (χ0n) is 22.5. The molecule has 38 heavy (non-hydrogen) atoms. The maximum Gasteiger partial charge on any atom is 0.407 e. The van der Waals surface area contributed by atoms with E-state index in [9.17, 15) is 13.6 Å². The number of nitrogens with two attached hydrogens (primary N) is 1. The van der Waals surface area contributed by atoms with Gasteiger partial charge in [-0.25, -0.2) is 19.7 Å². The van der Waals surface area contributed by atoms with Gasteiger partial charge in [0.1, 0.15) is 17.2 Å². The van der Waals surface area contributed by atoms with Crippen LogP contribution in [0.3, 0.4) is 0 Å². The minimum atomic E-state index is -3.05. The summed E-state index contributed by atoms with van der Waals surface area (Å²) in [5.41, 5.74) is 5.95. The first-order chi connectivity index (χ1) is 17.6. The quantitative estimate of drug-likeness (QED) is 0.381. The molecule has 0 aromatic carbocycles. The Morgan fingerprint density at radius 2 is 1.87 bits per heavy atom. The van der Waals surface area contributed by atoms with Crippen LogP contribution in [-0.4, -0.2) is 55.4 Å². The summed E-state index contributed by atoms with van der Waals surface area (Å²) in [4.78, 5) is 29.6. The molecule has 0 fully saturated rings. The van der Waals surface area contributed by atoms with Crippen LogP contribution in [0.25, 0.3) is 17.2 Å². The number of nitrogens with one attached hydrogen (secondary N) is 2. The Morgan fingerprint density at radius 1 is 1.16 bits per heavy atom. The van der Waals surface area contributed by atoms with E-state index >= 15 is 0 Å². The molecule has 13 heteroatoms. The summed E-state index contributed by atoms with van der Waals surface area (Å²) in [6, 6.07) is 2.78. The van der Waals surface area contributed by atoms with E-state index in [0.29, 0.717) is 29.7 Å². The van der Waals surface area contributed by atoms with Crippen LogP contribution >= 0.6 is 0 Å². The van der Waals surface area contributed by atoms with Gasteiger partial charge in [0.25, 0.3) is 0 Å². The number of rotatable bonds is 8. The maximum atomic E-state index is 12.9.